The first-order valence-corrected chi connectivity index (χ1v) is 8.12. The molecule has 0 unspecified atom stereocenters. The van der Waals surface area contributed by atoms with E-state index < -0.39 is 12.1 Å². The van der Waals surface area contributed by atoms with Gasteiger partial charge in [-0.3, -0.25) is 9.59 Å². The van der Waals surface area contributed by atoms with Gasteiger partial charge in [-0.15, -0.1) is 0 Å². The van der Waals surface area contributed by atoms with E-state index in [1.807, 2.05) is 30.3 Å². The van der Waals surface area contributed by atoms with E-state index >= 15 is 0 Å². The summed E-state index contributed by atoms with van der Waals surface area (Å²) in [7, 11) is 0. The third-order valence-electron chi connectivity index (χ3n) is 4.04. The summed E-state index contributed by atoms with van der Waals surface area (Å²) in [5.41, 5.74) is 1.87. The summed E-state index contributed by atoms with van der Waals surface area (Å²) in [5.74, 6) is -0.325. The van der Waals surface area contributed by atoms with E-state index in [0.29, 0.717) is 13.0 Å². The van der Waals surface area contributed by atoms with Crippen LogP contribution in [0.3, 0.4) is 0 Å². The van der Waals surface area contributed by atoms with Crippen LogP contribution >= 0.6 is 0 Å². The molecule has 2 amide bonds. The molecule has 0 bridgehead atoms. The Morgan fingerprint density at radius 3 is 2.20 bits per heavy atom. The number of piperazine rings is 1. The normalized spacial score (nSPS) is 20.0. The number of phenols is 1. The highest BCUT2D eigenvalue weighted by atomic mass is 16.5. The van der Waals surface area contributed by atoms with Gasteiger partial charge in [-0.25, -0.2) is 0 Å². The van der Waals surface area contributed by atoms with Gasteiger partial charge in [0.2, 0.25) is 11.8 Å². The van der Waals surface area contributed by atoms with Crippen LogP contribution in [-0.4, -0.2) is 35.6 Å². The molecule has 1 fully saturated rings. The second kappa shape index (κ2) is 7.81. The first-order chi connectivity index (χ1) is 12.1. The Morgan fingerprint density at radius 2 is 1.48 bits per heavy atom. The minimum absolute atomic E-state index is 0.123. The Labute approximate surface area is 145 Å². The van der Waals surface area contributed by atoms with Crippen LogP contribution in [0.1, 0.15) is 11.1 Å². The van der Waals surface area contributed by atoms with Crippen LogP contribution in [0, 0.1) is 0 Å². The number of ether oxygens (including phenoxy) is 1. The Balaban J connectivity index is 1.50. The number of hydrogen-bond donors (Lipinski definition) is 3. The van der Waals surface area contributed by atoms with Gasteiger partial charge in [-0.2, -0.15) is 0 Å². The lowest BCUT2D eigenvalue weighted by atomic mass is 10.0. The number of amides is 2. The van der Waals surface area contributed by atoms with Gasteiger partial charge in [-0.1, -0.05) is 42.5 Å². The van der Waals surface area contributed by atoms with Crippen molar-refractivity contribution in [2.75, 3.05) is 6.61 Å². The van der Waals surface area contributed by atoms with E-state index in [9.17, 15) is 14.7 Å². The van der Waals surface area contributed by atoms with Gasteiger partial charge in [0, 0.05) is 6.42 Å². The van der Waals surface area contributed by atoms with Crippen molar-refractivity contribution < 1.29 is 19.4 Å². The van der Waals surface area contributed by atoms with Gasteiger partial charge in [0.05, 0.1) is 13.2 Å². The van der Waals surface area contributed by atoms with Gasteiger partial charge in [-0.05, 0) is 23.3 Å². The molecule has 0 aliphatic carbocycles. The molecular weight excluding hydrogens is 320 g/mol. The molecular formula is C19H20N2O4. The van der Waals surface area contributed by atoms with Crippen LogP contribution in [0.5, 0.6) is 5.75 Å². The molecule has 130 valence electrons. The number of nitrogens with one attached hydrogen (secondary N) is 2. The summed E-state index contributed by atoms with van der Waals surface area (Å²) in [4.78, 5) is 24.4. The Morgan fingerprint density at radius 1 is 0.840 bits per heavy atom. The van der Waals surface area contributed by atoms with E-state index in [2.05, 4.69) is 10.6 Å². The van der Waals surface area contributed by atoms with Gasteiger partial charge in [0.25, 0.3) is 0 Å². The third-order valence-corrected chi connectivity index (χ3v) is 4.04. The molecule has 1 heterocycles. The quantitative estimate of drug-likeness (QED) is 0.736. The number of rotatable bonds is 6. The molecule has 3 rings (SSSR count). The maximum absolute atomic E-state index is 12.2. The van der Waals surface area contributed by atoms with Crippen molar-refractivity contribution in [3.8, 4) is 5.75 Å². The van der Waals surface area contributed by atoms with E-state index in [4.69, 9.17) is 4.74 Å². The van der Waals surface area contributed by atoms with Crippen molar-refractivity contribution in [1.29, 1.82) is 0 Å². The topological polar surface area (TPSA) is 87.7 Å². The van der Waals surface area contributed by atoms with Crippen LogP contribution in [0.4, 0.5) is 0 Å². The van der Waals surface area contributed by atoms with Crippen LogP contribution in [0.15, 0.2) is 54.6 Å². The molecule has 25 heavy (non-hydrogen) atoms. The fraction of sp³-hybridized carbons (Fsp3) is 0.263. The number of carbonyl (C=O) groups is 2. The first-order valence-electron chi connectivity index (χ1n) is 8.12. The van der Waals surface area contributed by atoms with Crippen LogP contribution in [-0.2, 0) is 27.4 Å². The molecule has 1 aliphatic rings. The molecule has 6 nitrogen and oxygen atoms in total. The Bertz CT molecular complexity index is 731. The standard InChI is InChI=1S/C19H20N2O4/c22-15-8-6-13(7-9-15)10-16-18(23)21-17(19(24)20-16)12-25-11-14-4-2-1-3-5-14/h1-9,16-17,22H,10-12H2,(H,20,24)(H,21,23)/t16-,17+/m1/s1. The van der Waals surface area contributed by atoms with Crippen molar-refractivity contribution in [3.63, 3.8) is 0 Å². The number of hydrogen-bond acceptors (Lipinski definition) is 4. The lowest BCUT2D eigenvalue weighted by Crippen LogP contribution is -2.63. The zero-order chi connectivity index (χ0) is 17.6. The molecule has 0 saturated carbocycles. The molecule has 0 aromatic heterocycles. The van der Waals surface area contributed by atoms with Gasteiger partial charge in [0.15, 0.2) is 0 Å². The molecule has 2 aromatic rings. The smallest absolute Gasteiger partial charge is 0.245 e. The van der Waals surface area contributed by atoms with E-state index in [0.717, 1.165) is 11.1 Å². The molecule has 1 aliphatic heterocycles. The molecule has 6 heteroatoms. The van der Waals surface area contributed by atoms with Crippen molar-refractivity contribution in [1.82, 2.24) is 10.6 Å². The maximum Gasteiger partial charge on any atom is 0.245 e. The third kappa shape index (κ3) is 4.58. The monoisotopic (exact) mass is 340 g/mol. The summed E-state index contributed by atoms with van der Waals surface area (Å²) >= 11 is 0. The molecule has 0 spiro atoms. The largest absolute Gasteiger partial charge is 0.508 e. The SMILES string of the molecule is O=C1N[C@H](Cc2ccc(O)cc2)C(=O)N[C@H]1COCc1ccccc1. The number of phenolic OH excluding ortho intramolecular Hbond substituents is 1. The summed E-state index contributed by atoms with van der Waals surface area (Å²) in [6, 6.07) is 14.9. The summed E-state index contributed by atoms with van der Waals surface area (Å²) in [6.45, 7) is 0.510. The average Bonchev–Trinajstić information content (AvgIpc) is 2.62. The summed E-state index contributed by atoms with van der Waals surface area (Å²) in [5, 5.41) is 14.7. The molecule has 2 aromatic carbocycles. The lowest BCUT2D eigenvalue weighted by Gasteiger charge is -2.29. The highest BCUT2D eigenvalue weighted by Crippen LogP contribution is 2.13. The van der Waals surface area contributed by atoms with Crippen LogP contribution in [0.25, 0.3) is 0 Å². The zero-order valence-electron chi connectivity index (χ0n) is 13.6. The predicted molar refractivity (Wildman–Crippen MR) is 91.8 cm³/mol. The fourth-order valence-corrected chi connectivity index (χ4v) is 2.67. The summed E-state index contributed by atoms with van der Waals surface area (Å²) in [6.07, 6.45) is 0.370. The van der Waals surface area contributed by atoms with Gasteiger partial charge < -0.3 is 20.5 Å². The van der Waals surface area contributed by atoms with Crippen molar-refractivity contribution in [2.24, 2.45) is 0 Å². The first kappa shape index (κ1) is 17.0. The highest BCUT2D eigenvalue weighted by Gasteiger charge is 2.33. The van der Waals surface area contributed by atoms with Crippen molar-refractivity contribution in [3.05, 3.63) is 65.7 Å². The average molecular weight is 340 g/mol. The highest BCUT2D eigenvalue weighted by molar-refractivity contribution is 5.97. The van der Waals surface area contributed by atoms with E-state index in [1.54, 1.807) is 24.3 Å². The minimum atomic E-state index is -0.688. The van der Waals surface area contributed by atoms with E-state index in [1.165, 1.54) is 0 Å². The second-order valence-electron chi connectivity index (χ2n) is 5.99. The molecule has 2 atom stereocenters. The Kier molecular flexibility index (Phi) is 5.30. The van der Waals surface area contributed by atoms with Gasteiger partial charge in [0.1, 0.15) is 17.8 Å². The predicted octanol–water partition coefficient (Wildman–Crippen LogP) is 1.13. The Hall–Kier alpha value is -2.86. The van der Waals surface area contributed by atoms with Crippen LogP contribution in [0.2, 0.25) is 0 Å². The number of carbonyl (C=O) groups excluding carboxylic acids is 2. The second-order valence-corrected chi connectivity index (χ2v) is 5.99. The maximum atomic E-state index is 12.2. The van der Waals surface area contributed by atoms with Crippen LogP contribution < -0.4 is 10.6 Å². The molecule has 3 N–H and O–H groups in total. The minimum Gasteiger partial charge on any atom is -0.508 e. The number of aromatic hydroxyl groups is 1. The lowest BCUT2D eigenvalue weighted by molar-refractivity contribution is -0.138. The van der Waals surface area contributed by atoms with Gasteiger partial charge >= 0.3 is 0 Å². The summed E-state index contributed by atoms with van der Waals surface area (Å²) < 4.78 is 5.54. The zero-order valence-corrected chi connectivity index (χ0v) is 13.6. The number of benzene rings is 2. The van der Waals surface area contributed by atoms with Crippen molar-refractivity contribution in [2.45, 2.75) is 25.1 Å². The molecule has 1 saturated heterocycles. The van der Waals surface area contributed by atoms with Crippen molar-refractivity contribution >= 4 is 11.8 Å². The molecule has 0 radical (unpaired) electrons. The van der Waals surface area contributed by atoms with E-state index in [-0.39, 0.29) is 24.2 Å². The fourth-order valence-electron chi connectivity index (χ4n) is 2.67.